The fourth-order valence-corrected chi connectivity index (χ4v) is 4.01. The molecule has 5 heteroatoms. The van der Waals surface area contributed by atoms with E-state index >= 15 is 0 Å². The number of hydrogen-bond donors (Lipinski definition) is 2. The Bertz CT molecular complexity index is 815. The van der Waals surface area contributed by atoms with Gasteiger partial charge < -0.3 is 10.4 Å². The molecule has 23 heavy (non-hydrogen) atoms. The van der Waals surface area contributed by atoms with Crippen LogP contribution in [0.2, 0.25) is 0 Å². The Morgan fingerprint density at radius 2 is 2.04 bits per heavy atom. The van der Waals surface area contributed by atoms with Crippen molar-refractivity contribution in [3.63, 3.8) is 0 Å². The van der Waals surface area contributed by atoms with Gasteiger partial charge in [-0.05, 0) is 35.6 Å². The number of hydrogen-bond acceptors (Lipinski definition) is 3. The summed E-state index contributed by atoms with van der Waals surface area (Å²) in [6.07, 6.45) is 2.19. The molecule has 4 rings (SSSR count). The van der Waals surface area contributed by atoms with E-state index in [2.05, 4.69) is 29.4 Å². The molecule has 5 nitrogen and oxygen atoms in total. The molecule has 0 aliphatic heterocycles. The van der Waals surface area contributed by atoms with Gasteiger partial charge in [0.05, 0.1) is 11.5 Å². The van der Waals surface area contributed by atoms with Crippen molar-refractivity contribution in [2.45, 2.75) is 18.8 Å². The second-order valence-corrected chi connectivity index (χ2v) is 6.45. The number of carbonyl (C=O) groups is 2. The summed E-state index contributed by atoms with van der Waals surface area (Å²) < 4.78 is 0. The molecular formula is C18H16N2O3. The molecule has 0 radical (unpaired) electrons. The zero-order chi connectivity index (χ0) is 16.2. The summed E-state index contributed by atoms with van der Waals surface area (Å²) in [6.45, 7) is 2.15. The van der Waals surface area contributed by atoms with Gasteiger partial charge in [0.1, 0.15) is 5.82 Å². The van der Waals surface area contributed by atoms with Gasteiger partial charge in [0.25, 0.3) is 0 Å². The topological polar surface area (TPSA) is 79.3 Å². The Kier molecular flexibility index (Phi) is 2.82. The van der Waals surface area contributed by atoms with Crippen LogP contribution in [-0.2, 0) is 16.6 Å². The van der Waals surface area contributed by atoms with E-state index in [9.17, 15) is 9.59 Å². The van der Waals surface area contributed by atoms with Gasteiger partial charge in [-0.15, -0.1) is 0 Å². The summed E-state index contributed by atoms with van der Waals surface area (Å²) in [4.78, 5) is 27.4. The highest BCUT2D eigenvalue weighted by Crippen LogP contribution is 2.66. The molecule has 0 spiro atoms. The molecule has 116 valence electrons. The van der Waals surface area contributed by atoms with Crippen LogP contribution in [0.15, 0.2) is 42.6 Å². The Morgan fingerprint density at radius 3 is 2.74 bits per heavy atom. The molecular weight excluding hydrogens is 292 g/mol. The van der Waals surface area contributed by atoms with Crippen LogP contribution in [0.3, 0.4) is 0 Å². The monoisotopic (exact) mass is 308 g/mol. The van der Waals surface area contributed by atoms with E-state index in [0.717, 1.165) is 6.42 Å². The van der Waals surface area contributed by atoms with Gasteiger partial charge in [0.2, 0.25) is 5.91 Å². The number of benzene rings is 1. The van der Waals surface area contributed by atoms with E-state index in [0.29, 0.717) is 11.7 Å². The van der Waals surface area contributed by atoms with E-state index in [1.54, 1.807) is 0 Å². The van der Waals surface area contributed by atoms with Crippen molar-refractivity contribution in [3.05, 3.63) is 59.3 Å². The second kappa shape index (κ2) is 4.65. The summed E-state index contributed by atoms with van der Waals surface area (Å²) >= 11 is 0. The first-order valence-corrected chi connectivity index (χ1v) is 7.60. The van der Waals surface area contributed by atoms with Crippen molar-refractivity contribution >= 4 is 17.7 Å². The summed E-state index contributed by atoms with van der Waals surface area (Å²) in [7, 11) is 0. The maximum Gasteiger partial charge on any atom is 0.337 e. The highest BCUT2D eigenvalue weighted by atomic mass is 16.4. The van der Waals surface area contributed by atoms with Crippen LogP contribution in [0, 0.1) is 11.8 Å². The van der Waals surface area contributed by atoms with E-state index in [1.165, 1.54) is 29.5 Å². The van der Waals surface area contributed by atoms with Crippen LogP contribution < -0.4 is 5.32 Å². The molecule has 3 atom stereocenters. The molecule has 2 aromatic rings. The molecule has 1 fully saturated rings. The highest BCUT2D eigenvalue weighted by molar-refractivity contribution is 5.97. The zero-order valence-corrected chi connectivity index (χ0v) is 12.6. The third kappa shape index (κ3) is 1.96. The van der Waals surface area contributed by atoms with Crippen LogP contribution >= 0.6 is 0 Å². The number of fused-ring (bicyclic) bond motifs is 3. The Morgan fingerprint density at radius 1 is 1.26 bits per heavy atom. The molecule has 2 N–H and O–H groups in total. The number of nitrogens with one attached hydrogen (secondary N) is 1. The normalized spacial score (nSPS) is 27.0. The number of anilines is 1. The minimum atomic E-state index is -1.03. The largest absolute Gasteiger partial charge is 0.478 e. The lowest BCUT2D eigenvalue weighted by molar-refractivity contribution is -0.118. The minimum absolute atomic E-state index is 0.0393. The number of carbonyl (C=O) groups excluding carboxylic acids is 1. The van der Waals surface area contributed by atoms with Crippen LogP contribution in [-0.4, -0.2) is 22.0 Å². The molecule has 1 aromatic carbocycles. The number of aromatic carboxylic acids is 1. The number of rotatable bonds is 3. The quantitative estimate of drug-likeness (QED) is 0.913. The van der Waals surface area contributed by atoms with Crippen molar-refractivity contribution in [2.24, 2.45) is 11.8 Å². The molecule has 0 bridgehead atoms. The number of carboxylic acid groups (broad SMARTS) is 1. The average Bonchev–Trinajstić information content (AvgIpc) is 3.02. The molecule has 1 aromatic heterocycles. The fourth-order valence-electron chi connectivity index (χ4n) is 4.01. The van der Waals surface area contributed by atoms with Gasteiger partial charge in [0, 0.05) is 11.6 Å². The van der Waals surface area contributed by atoms with Crippen molar-refractivity contribution in [1.82, 2.24) is 4.98 Å². The molecule has 1 saturated carbocycles. The summed E-state index contributed by atoms with van der Waals surface area (Å²) in [5.74, 6) is -0.378. The van der Waals surface area contributed by atoms with Crippen molar-refractivity contribution in [1.29, 1.82) is 0 Å². The molecule has 2 aliphatic rings. The smallest absolute Gasteiger partial charge is 0.337 e. The number of aromatic nitrogens is 1. The zero-order valence-electron chi connectivity index (χ0n) is 12.6. The van der Waals surface area contributed by atoms with E-state index in [1.807, 2.05) is 12.1 Å². The van der Waals surface area contributed by atoms with Crippen molar-refractivity contribution < 1.29 is 14.7 Å². The Hall–Kier alpha value is -2.69. The standard InChI is InChI=1S/C18H16N2O3/c1-18-12-5-3-2-4-10(12)8-13(18)15(18)16(21)20-14-7-6-11(9-19-14)17(22)23/h2-7,9,13,15H,8H2,1H3,(H,22,23)(H,19,20,21)/t13-,15+,18-/m1/s1. The fraction of sp³-hybridized carbons (Fsp3) is 0.278. The molecule has 1 heterocycles. The van der Waals surface area contributed by atoms with Crippen LogP contribution in [0.4, 0.5) is 5.82 Å². The molecule has 2 aliphatic carbocycles. The Labute approximate surface area is 133 Å². The summed E-state index contributed by atoms with van der Waals surface area (Å²) in [6, 6.07) is 11.3. The molecule has 0 saturated heterocycles. The van der Waals surface area contributed by atoms with E-state index < -0.39 is 5.97 Å². The van der Waals surface area contributed by atoms with Gasteiger partial charge in [-0.3, -0.25) is 4.79 Å². The van der Waals surface area contributed by atoms with Crippen LogP contribution in [0.25, 0.3) is 0 Å². The predicted octanol–water partition coefficient (Wildman–Crippen LogP) is 2.48. The average molecular weight is 308 g/mol. The number of pyridine rings is 1. The third-order valence-corrected chi connectivity index (χ3v) is 5.29. The van der Waals surface area contributed by atoms with E-state index in [-0.39, 0.29) is 22.8 Å². The maximum absolute atomic E-state index is 12.6. The third-order valence-electron chi connectivity index (χ3n) is 5.29. The van der Waals surface area contributed by atoms with Gasteiger partial charge >= 0.3 is 5.97 Å². The van der Waals surface area contributed by atoms with Gasteiger partial charge in [0.15, 0.2) is 0 Å². The first-order chi connectivity index (χ1) is 11.0. The van der Waals surface area contributed by atoms with Gasteiger partial charge in [-0.1, -0.05) is 31.2 Å². The number of carboxylic acids is 1. The first-order valence-electron chi connectivity index (χ1n) is 7.60. The maximum atomic E-state index is 12.6. The molecule has 0 unspecified atom stereocenters. The summed E-state index contributed by atoms with van der Waals surface area (Å²) in [5.41, 5.74) is 2.64. The van der Waals surface area contributed by atoms with E-state index in [4.69, 9.17) is 5.11 Å². The molecule has 1 amide bonds. The minimum Gasteiger partial charge on any atom is -0.478 e. The predicted molar refractivity (Wildman–Crippen MR) is 84.3 cm³/mol. The van der Waals surface area contributed by atoms with Crippen LogP contribution in [0.5, 0.6) is 0 Å². The van der Waals surface area contributed by atoms with Gasteiger partial charge in [-0.2, -0.15) is 0 Å². The van der Waals surface area contributed by atoms with Crippen LogP contribution in [0.1, 0.15) is 28.4 Å². The lowest BCUT2D eigenvalue weighted by Gasteiger charge is -2.13. The number of nitrogens with zero attached hydrogens (tertiary/aromatic N) is 1. The summed E-state index contributed by atoms with van der Waals surface area (Å²) in [5, 5.41) is 11.7. The highest BCUT2D eigenvalue weighted by Gasteiger charge is 2.68. The number of amides is 1. The van der Waals surface area contributed by atoms with Crippen molar-refractivity contribution in [2.75, 3.05) is 5.32 Å². The lowest BCUT2D eigenvalue weighted by atomic mass is 9.93. The second-order valence-electron chi connectivity index (χ2n) is 6.45. The lowest BCUT2D eigenvalue weighted by Crippen LogP contribution is -2.21. The van der Waals surface area contributed by atoms with Crippen molar-refractivity contribution in [3.8, 4) is 0 Å². The first kappa shape index (κ1) is 13.9. The SMILES string of the molecule is C[C@@]12c3ccccc3C[C@@H]1[C@H]2C(=O)Nc1ccc(C(=O)O)cn1. The van der Waals surface area contributed by atoms with Gasteiger partial charge in [-0.25, -0.2) is 9.78 Å². The Balaban J connectivity index is 1.51.